The van der Waals surface area contributed by atoms with E-state index in [0.29, 0.717) is 24.7 Å². The number of carbonyl (C=O) groups is 1. The van der Waals surface area contributed by atoms with Crippen LogP contribution in [0.1, 0.15) is 41.8 Å². The molecular weight excluding hydrogens is 322 g/mol. The molecule has 4 rings (SSSR count). The molecule has 2 aliphatic rings. The number of nitrogens with one attached hydrogen (secondary N) is 1. The number of hydrogen-bond acceptors (Lipinski definition) is 6. The van der Waals surface area contributed by atoms with Gasteiger partial charge >= 0.3 is 0 Å². The second-order valence-electron chi connectivity index (χ2n) is 6.52. The van der Waals surface area contributed by atoms with Gasteiger partial charge in [-0.25, -0.2) is 4.98 Å². The monoisotopic (exact) mass is 345 g/mol. The van der Waals surface area contributed by atoms with Crippen LogP contribution in [0.25, 0.3) is 0 Å². The van der Waals surface area contributed by atoms with Crippen molar-refractivity contribution in [1.82, 2.24) is 20.1 Å². The largest absolute Gasteiger partial charge is 0.447 e. The highest BCUT2D eigenvalue weighted by Gasteiger charge is 2.28. The lowest BCUT2D eigenvalue weighted by molar-refractivity contribution is 0.0675. The third-order valence-electron chi connectivity index (χ3n) is 4.80. The molecule has 134 valence electrons. The Morgan fingerprint density at radius 2 is 2.40 bits per heavy atom. The zero-order chi connectivity index (χ0) is 17.2. The molecule has 8 nitrogen and oxygen atoms in total. The van der Waals surface area contributed by atoms with Crippen LogP contribution in [-0.4, -0.2) is 58.3 Å². The van der Waals surface area contributed by atoms with Crippen molar-refractivity contribution in [3.63, 3.8) is 0 Å². The van der Waals surface area contributed by atoms with Crippen LogP contribution in [0, 0.1) is 0 Å². The maximum absolute atomic E-state index is 12.8. The number of aromatic amines is 1. The summed E-state index contributed by atoms with van der Waals surface area (Å²) in [5.74, 6) is 0.441. The normalized spacial score (nSPS) is 20.8. The van der Waals surface area contributed by atoms with Gasteiger partial charge in [-0.15, -0.1) is 0 Å². The molecular formula is C17H23N5O3. The average Bonchev–Trinajstić information content (AvgIpc) is 3.35. The Bertz CT molecular complexity index is 740. The van der Waals surface area contributed by atoms with Gasteiger partial charge in [-0.05, 0) is 26.2 Å². The fraction of sp³-hybridized carbons (Fsp3) is 0.588. The number of rotatable bonds is 5. The minimum atomic E-state index is -0.133. The standard InChI is InChI=1S/C17H23N5O3/c1-2-24-12-5-7-21(9-12)10-16-19-14(11-25-16)17(23)22-6-3-4-13-15(22)8-18-20-13/h8,11-12H,2-7,9-10H2,1H3,(H,18,20). The number of carbonyl (C=O) groups excluding carboxylic acids is 1. The second kappa shape index (κ2) is 6.97. The summed E-state index contributed by atoms with van der Waals surface area (Å²) in [7, 11) is 0. The van der Waals surface area contributed by atoms with E-state index in [1.807, 2.05) is 6.92 Å². The molecule has 2 aromatic heterocycles. The molecule has 1 unspecified atom stereocenters. The van der Waals surface area contributed by atoms with Crippen molar-refractivity contribution >= 4 is 11.6 Å². The van der Waals surface area contributed by atoms with Crippen molar-refractivity contribution < 1.29 is 13.9 Å². The first kappa shape index (κ1) is 16.3. The van der Waals surface area contributed by atoms with E-state index in [9.17, 15) is 4.79 Å². The van der Waals surface area contributed by atoms with Crippen LogP contribution in [0.15, 0.2) is 16.9 Å². The molecule has 25 heavy (non-hydrogen) atoms. The summed E-state index contributed by atoms with van der Waals surface area (Å²) in [6.45, 7) is 5.87. The number of aromatic nitrogens is 3. The molecule has 0 aliphatic carbocycles. The fourth-order valence-electron chi connectivity index (χ4n) is 3.59. The minimum Gasteiger partial charge on any atom is -0.447 e. The van der Waals surface area contributed by atoms with E-state index >= 15 is 0 Å². The lowest BCUT2D eigenvalue weighted by Gasteiger charge is -2.25. The first-order chi connectivity index (χ1) is 12.2. The quantitative estimate of drug-likeness (QED) is 0.886. The molecule has 1 amide bonds. The predicted molar refractivity (Wildman–Crippen MR) is 90.4 cm³/mol. The summed E-state index contributed by atoms with van der Waals surface area (Å²) in [4.78, 5) is 21.2. The smallest absolute Gasteiger partial charge is 0.280 e. The molecule has 0 spiro atoms. The van der Waals surface area contributed by atoms with Crippen molar-refractivity contribution in [2.24, 2.45) is 0 Å². The lowest BCUT2D eigenvalue weighted by atomic mass is 10.1. The van der Waals surface area contributed by atoms with Gasteiger partial charge in [0.25, 0.3) is 5.91 Å². The number of anilines is 1. The summed E-state index contributed by atoms with van der Waals surface area (Å²) in [5.41, 5.74) is 2.20. The van der Waals surface area contributed by atoms with E-state index in [0.717, 1.165) is 50.3 Å². The van der Waals surface area contributed by atoms with E-state index in [4.69, 9.17) is 9.15 Å². The van der Waals surface area contributed by atoms with Crippen molar-refractivity contribution in [2.45, 2.75) is 38.8 Å². The number of hydrogen-bond donors (Lipinski definition) is 1. The molecule has 0 saturated carbocycles. The number of fused-ring (bicyclic) bond motifs is 1. The van der Waals surface area contributed by atoms with Gasteiger partial charge in [-0.3, -0.25) is 14.8 Å². The molecule has 0 radical (unpaired) electrons. The van der Waals surface area contributed by atoms with Gasteiger partial charge in [0.2, 0.25) is 5.89 Å². The van der Waals surface area contributed by atoms with Crippen molar-refractivity contribution in [3.8, 4) is 0 Å². The van der Waals surface area contributed by atoms with Crippen LogP contribution in [0.4, 0.5) is 5.69 Å². The number of nitrogens with zero attached hydrogens (tertiary/aromatic N) is 4. The summed E-state index contributed by atoms with van der Waals surface area (Å²) in [6.07, 6.45) is 6.30. The Labute approximate surface area is 146 Å². The number of amides is 1. The maximum Gasteiger partial charge on any atom is 0.280 e. The summed E-state index contributed by atoms with van der Waals surface area (Å²) >= 11 is 0. The molecule has 8 heteroatoms. The van der Waals surface area contributed by atoms with Crippen molar-refractivity contribution in [1.29, 1.82) is 0 Å². The average molecular weight is 345 g/mol. The Morgan fingerprint density at radius 3 is 3.28 bits per heavy atom. The zero-order valence-corrected chi connectivity index (χ0v) is 14.4. The number of aryl methyl sites for hydroxylation is 1. The minimum absolute atomic E-state index is 0.133. The second-order valence-corrected chi connectivity index (χ2v) is 6.52. The number of likely N-dealkylation sites (tertiary alicyclic amines) is 1. The van der Waals surface area contributed by atoms with E-state index < -0.39 is 0 Å². The number of oxazole rings is 1. The highest BCUT2D eigenvalue weighted by atomic mass is 16.5. The maximum atomic E-state index is 12.8. The third kappa shape index (κ3) is 3.32. The van der Waals surface area contributed by atoms with E-state index in [1.54, 1.807) is 11.1 Å². The zero-order valence-electron chi connectivity index (χ0n) is 14.4. The molecule has 1 saturated heterocycles. The Kier molecular flexibility index (Phi) is 4.54. The SMILES string of the molecule is CCOC1CCN(Cc2nc(C(=O)N3CCCc4[nH]ncc43)co2)C1. The van der Waals surface area contributed by atoms with Crippen LogP contribution < -0.4 is 4.90 Å². The molecule has 1 fully saturated rings. The van der Waals surface area contributed by atoms with Gasteiger partial charge in [-0.1, -0.05) is 0 Å². The van der Waals surface area contributed by atoms with Gasteiger partial charge in [0, 0.05) is 26.2 Å². The molecule has 2 aliphatic heterocycles. The molecule has 0 bridgehead atoms. The van der Waals surface area contributed by atoms with Crippen LogP contribution in [-0.2, 0) is 17.7 Å². The van der Waals surface area contributed by atoms with Crippen molar-refractivity contribution in [2.75, 3.05) is 31.1 Å². The Balaban J connectivity index is 1.41. The molecule has 2 aromatic rings. The van der Waals surface area contributed by atoms with Gasteiger partial charge in [0.1, 0.15) is 6.26 Å². The van der Waals surface area contributed by atoms with Crippen molar-refractivity contribution in [3.05, 3.63) is 29.7 Å². The first-order valence-corrected chi connectivity index (χ1v) is 8.87. The molecule has 0 aromatic carbocycles. The molecule has 1 N–H and O–H groups in total. The summed E-state index contributed by atoms with van der Waals surface area (Å²) in [5, 5.41) is 7.00. The highest BCUT2D eigenvalue weighted by Crippen LogP contribution is 2.26. The van der Waals surface area contributed by atoms with Gasteiger partial charge in [0.15, 0.2) is 5.69 Å². The predicted octanol–water partition coefficient (Wildman–Crippen LogP) is 1.60. The summed E-state index contributed by atoms with van der Waals surface area (Å²) in [6, 6.07) is 0. The highest BCUT2D eigenvalue weighted by molar-refractivity contribution is 6.05. The summed E-state index contributed by atoms with van der Waals surface area (Å²) < 4.78 is 11.2. The van der Waals surface area contributed by atoms with Gasteiger partial charge in [-0.2, -0.15) is 5.10 Å². The number of H-pyrrole nitrogens is 1. The van der Waals surface area contributed by atoms with Gasteiger partial charge < -0.3 is 14.1 Å². The Morgan fingerprint density at radius 1 is 1.48 bits per heavy atom. The van der Waals surface area contributed by atoms with Crippen LogP contribution in [0.2, 0.25) is 0 Å². The first-order valence-electron chi connectivity index (χ1n) is 8.87. The van der Waals surface area contributed by atoms with E-state index in [1.165, 1.54) is 6.26 Å². The van der Waals surface area contributed by atoms with Crippen LogP contribution in [0.3, 0.4) is 0 Å². The lowest BCUT2D eigenvalue weighted by Crippen LogP contribution is -2.35. The van der Waals surface area contributed by atoms with Crippen LogP contribution in [0.5, 0.6) is 0 Å². The number of ether oxygens (including phenoxy) is 1. The molecule has 1 atom stereocenters. The van der Waals surface area contributed by atoms with E-state index in [2.05, 4.69) is 20.1 Å². The Hall–Kier alpha value is -2.19. The fourth-order valence-corrected chi connectivity index (χ4v) is 3.59. The van der Waals surface area contributed by atoms with Crippen LogP contribution >= 0.6 is 0 Å². The van der Waals surface area contributed by atoms with E-state index in [-0.39, 0.29) is 12.0 Å². The van der Waals surface area contributed by atoms with Gasteiger partial charge in [0.05, 0.1) is 30.2 Å². The topological polar surface area (TPSA) is 87.5 Å². The molecule has 4 heterocycles. The third-order valence-corrected chi connectivity index (χ3v) is 4.80.